The van der Waals surface area contributed by atoms with Crippen molar-refractivity contribution in [3.63, 3.8) is 0 Å². The van der Waals surface area contributed by atoms with Crippen molar-refractivity contribution in [3.05, 3.63) is 0 Å². The Bertz CT molecular complexity index is 117. The summed E-state index contributed by atoms with van der Waals surface area (Å²) in [5.74, 6) is -0.00790. The second-order valence-corrected chi connectivity index (χ2v) is 3.80. The van der Waals surface area contributed by atoms with Crippen LogP contribution in [0.4, 0.5) is 0 Å². The van der Waals surface area contributed by atoms with E-state index in [9.17, 15) is 4.79 Å². The molecule has 0 spiro atoms. The average Bonchev–Trinajstić information content (AvgIpc) is 1.97. The van der Waals surface area contributed by atoms with Crippen molar-refractivity contribution in [2.24, 2.45) is 11.7 Å². The molecule has 0 aromatic rings. The van der Waals surface area contributed by atoms with Crippen LogP contribution < -0.4 is 5.73 Å². The van der Waals surface area contributed by atoms with Gasteiger partial charge >= 0.3 is 0 Å². The first kappa shape index (κ1) is 11.2. The van der Waals surface area contributed by atoms with E-state index in [0.717, 1.165) is 30.1 Å². The van der Waals surface area contributed by atoms with E-state index in [-0.39, 0.29) is 11.8 Å². The highest BCUT2D eigenvalue weighted by Crippen LogP contribution is 2.13. The monoisotopic (exact) mass is 269 g/mol. The molecule has 0 bridgehead atoms. The SMILES string of the molecule is CCCC(CCCI)C(N)=O. The van der Waals surface area contributed by atoms with Crippen molar-refractivity contribution in [3.8, 4) is 0 Å². The fraction of sp³-hybridized carbons (Fsp3) is 0.875. The first-order valence-electron chi connectivity index (χ1n) is 4.07. The van der Waals surface area contributed by atoms with Gasteiger partial charge in [0.2, 0.25) is 5.91 Å². The summed E-state index contributed by atoms with van der Waals surface area (Å²) >= 11 is 2.32. The van der Waals surface area contributed by atoms with Crippen molar-refractivity contribution in [2.75, 3.05) is 4.43 Å². The van der Waals surface area contributed by atoms with Crippen molar-refractivity contribution >= 4 is 28.5 Å². The predicted molar refractivity (Wildman–Crippen MR) is 55.7 cm³/mol. The van der Waals surface area contributed by atoms with Gasteiger partial charge in [0.1, 0.15) is 0 Å². The molecule has 0 saturated heterocycles. The van der Waals surface area contributed by atoms with Crippen LogP contribution in [0.3, 0.4) is 0 Å². The molecule has 3 heteroatoms. The van der Waals surface area contributed by atoms with Crippen LogP contribution >= 0.6 is 22.6 Å². The lowest BCUT2D eigenvalue weighted by atomic mass is 9.98. The third-order valence-corrected chi connectivity index (χ3v) is 2.49. The smallest absolute Gasteiger partial charge is 0.220 e. The van der Waals surface area contributed by atoms with E-state index in [4.69, 9.17) is 5.73 Å². The summed E-state index contributed by atoms with van der Waals surface area (Å²) in [6.07, 6.45) is 4.07. The highest BCUT2D eigenvalue weighted by Gasteiger charge is 2.12. The molecule has 1 amide bonds. The van der Waals surface area contributed by atoms with E-state index >= 15 is 0 Å². The standard InChI is InChI=1S/C8H16INO/c1-2-4-7(8(10)11)5-3-6-9/h7H,2-6H2,1H3,(H2,10,11). The molecule has 0 rings (SSSR count). The van der Waals surface area contributed by atoms with Crippen LogP contribution in [0, 0.1) is 5.92 Å². The first-order chi connectivity index (χ1) is 5.22. The van der Waals surface area contributed by atoms with E-state index in [0.29, 0.717) is 0 Å². The molecule has 0 heterocycles. The second-order valence-electron chi connectivity index (χ2n) is 2.72. The summed E-state index contributed by atoms with van der Waals surface area (Å²) in [6, 6.07) is 0. The predicted octanol–water partition coefficient (Wildman–Crippen LogP) is 2.10. The zero-order chi connectivity index (χ0) is 8.69. The molecule has 0 radical (unpaired) electrons. The molecular weight excluding hydrogens is 253 g/mol. The fourth-order valence-electron chi connectivity index (χ4n) is 1.10. The zero-order valence-corrected chi connectivity index (χ0v) is 9.13. The summed E-state index contributed by atoms with van der Waals surface area (Å²) in [7, 11) is 0. The second kappa shape index (κ2) is 6.88. The number of carbonyl (C=O) groups excluding carboxylic acids is 1. The highest BCUT2D eigenvalue weighted by molar-refractivity contribution is 14.1. The highest BCUT2D eigenvalue weighted by atomic mass is 127. The van der Waals surface area contributed by atoms with E-state index < -0.39 is 0 Å². The fourth-order valence-corrected chi connectivity index (χ4v) is 1.54. The molecule has 0 aliphatic heterocycles. The topological polar surface area (TPSA) is 43.1 Å². The molecule has 1 unspecified atom stereocenters. The van der Waals surface area contributed by atoms with Gasteiger partial charge in [-0.25, -0.2) is 0 Å². The Morgan fingerprint density at radius 2 is 2.18 bits per heavy atom. The van der Waals surface area contributed by atoms with E-state index in [1.54, 1.807) is 0 Å². The Hall–Kier alpha value is 0.200. The average molecular weight is 269 g/mol. The number of hydrogen-bond acceptors (Lipinski definition) is 1. The molecule has 0 fully saturated rings. The Morgan fingerprint density at radius 1 is 1.55 bits per heavy atom. The molecule has 66 valence electrons. The maximum Gasteiger partial charge on any atom is 0.220 e. The van der Waals surface area contributed by atoms with Gasteiger partial charge in [0, 0.05) is 5.92 Å². The summed E-state index contributed by atoms with van der Waals surface area (Å²) in [6.45, 7) is 2.08. The first-order valence-corrected chi connectivity index (χ1v) is 5.60. The van der Waals surface area contributed by atoms with Gasteiger partial charge in [-0.1, -0.05) is 35.9 Å². The van der Waals surface area contributed by atoms with E-state index in [1.165, 1.54) is 0 Å². The maximum absolute atomic E-state index is 10.8. The maximum atomic E-state index is 10.8. The van der Waals surface area contributed by atoms with Gasteiger partial charge in [-0.2, -0.15) is 0 Å². The summed E-state index contributed by atoms with van der Waals surface area (Å²) in [5.41, 5.74) is 5.22. The van der Waals surface area contributed by atoms with Gasteiger partial charge in [-0.3, -0.25) is 4.79 Å². The van der Waals surface area contributed by atoms with Crippen LogP contribution in [0.25, 0.3) is 0 Å². The molecule has 2 N–H and O–H groups in total. The Morgan fingerprint density at radius 3 is 2.55 bits per heavy atom. The molecule has 0 aliphatic rings. The number of hydrogen-bond donors (Lipinski definition) is 1. The normalized spacial score (nSPS) is 12.9. The number of amides is 1. The van der Waals surface area contributed by atoms with Gasteiger partial charge in [-0.05, 0) is 23.7 Å². The lowest BCUT2D eigenvalue weighted by Gasteiger charge is -2.09. The van der Waals surface area contributed by atoms with Crippen molar-refractivity contribution < 1.29 is 4.79 Å². The number of carbonyl (C=O) groups is 1. The van der Waals surface area contributed by atoms with Crippen molar-refractivity contribution in [1.82, 2.24) is 0 Å². The number of rotatable bonds is 6. The van der Waals surface area contributed by atoms with Gasteiger partial charge in [0.15, 0.2) is 0 Å². The number of alkyl halides is 1. The van der Waals surface area contributed by atoms with E-state index in [1.807, 2.05) is 0 Å². The molecule has 0 saturated carbocycles. The lowest BCUT2D eigenvalue weighted by Crippen LogP contribution is -2.23. The number of halogens is 1. The molecule has 0 aromatic carbocycles. The van der Waals surface area contributed by atoms with Gasteiger partial charge in [-0.15, -0.1) is 0 Å². The molecule has 11 heavy (non-hydrogen) atoms. The zero-order valence-electron chi connectivity index (χ0n) is 6.98. The van der Waals surface area contributed by atoms with E-state index in [2.05, 4.69) is 29.5 Å². The summed E-state index contributed by atoms with van der Waals surface area (Å²) in [5, 5.41) is 0. The van der Waals surface area contributed by atoms with Gasteiger partial charge in [0.25, 0.3) is 0 Å². The lowest BCUT2D eigenvalue weighted by molar-refractivity contribution is -0.122. The third kappa shape index (κ3) is 5.47. The molecule has 1 atom stereocenters. The van der Waals surface area contributed by atoms with Gasteiger partial charge < -0.3 is 5.73 Å². The Kier molecular flexibility index (Phi) is 7.01. The number of nitrogens with two attached hydrogens (primary N) is 1. The molecule has 0 aromatic heterocycles. The minimum absolute atomic E-state index is 0.120. The quantitative estimate of drug-likeness (QED) is 0.582. The van der Waals surface area contributed by atoms with Crippen LogP contribution in [0.5, 0.6) is 0 Å². The largest absolute Gasteiger partial charge is 0.369 e. The van der Waals surface area contributed by atoms with Crippen LogP contribution in [-0.4, -0.2) is 10.3 Å². The summed E-state index contributed by atoms with van der Waals surface area (Å²) < 4.78 is 1.12. The van der Waals surface area contributed by atoms with Gasteiger partial charge in [0.05, 0.1) is 0 Å². The summed E-state index contributed by atoms with van der Waals surface area (Å²) in [4.78, 5) is 10.8. The van der Waals surface area contributed by atoms with Crippen molar-refractivity contribution in [1.29, 1.82) is 0 Å². The Labute approximate surface area is 82.1 Å². The minimum atomic E-state index is -0.128. The number of primary amides is 1. The van der Waals surface area contributed by atoms with Crippen LogP contribution in [0.15, 0.2) is 0 Å². The molecular formula is C8H16INO. The molecule has 2 nitrogen and oxygen atoms in total. The Balaban J connectivity index is 3.60. The minimum Gasteiger partial charge on any atom is -0.369 e. The van der Waals surface area contributed by atoms with Crippen LogP contribution in [0.1, 0.15) is 32.6 Å². The third-order valence-electron chi connectivity index (χ3n) is 1.73. The van der Waals surface area contributed by atoms with Crippen LogP contribution in [-0.2, 0) is 4.79 Å². The molecule has 0 aliphatic carbocycles. The van der Waals surface area contributed by atoms with Crippen molar-refractivity contribution in [2.45, 2.75) is 32.6 Å². The van der Waals surface area contributed by atoms with Crippen LogP contribution in [0.2, 0.25) is 0 Å².